The normalized spacial score (nSPS) is 11.5. The van der Waals surface area contributed by atoms with Crippen LogP contribution in [0.1, 0.15) is 0 Å². The first kappa shape index (κ1) is 40.8. The zero-order chi connectivity index (χ0) is 45.7. The lowest BCUT2D eigenvalue weighted by Gasteiger charge is -2.27. The molecular formula is C64H43N3S2. The minimum Gasteiger partial charge on any atom is -0.310 e. The van der Waals surface area contributed by atoms with Crippen LogP contribution in [0.2, 0.25) is 0 Å². The average molecular weight is 918 g/mol. The van der Waals surface area contributed by atoms with Gasteiger partial charge in [-0.25, -0.2) is 0 Å². The van der Waals surface area contributed by atoms with Gasteiger partial charge in [-0.1, -0.05) is 140 Å². The van der Waals surface area contributed by atoms with Gasteiger partial charge in [0.25, 0.3) is 0 Å². The molecule has 0 atom stereocenters. The molecular weight excluding hydrogens is 875 g/mol. The Hall–Kier alpha value is -8.48. The molecule has 0 radical (unpaired) electrons. The van der Waals surface area contributed by atoms with Gasteiger partial charge in [0.2, 0.25) is 0 Å². The Labute approximate surface area is 409 Å². The number of fused-ring (bicyclic) bond motifs is 7. The van der Waals surface area contributed by atoms with Crippen LogP contribution in [0, 0.1) is 0 Å². The summed E-state index contributed by atoms with van der Waals surface area (Å²) >= 11 is 3.70. The highest BCUT2D eigenvalue weighted by Gasteiger charge is 2.19. The summed E-state index contributed by atoms with van der Waals surface area (Å²) in [7, 11) is 0. The molecule has 13 aromatic rings. The molecule has 2 aromatic heterocycles. The van der Waals surface area contributed by atoms with Crippen LogP contribution < -0.4 is 14.7 Å². The summed E-state index contributed by atoms with van der Waals surface area (Å²) in [6.45, 7) is 0. The van der Waals surface area contributed by atoms with Crippen LogP contribution in [-0.2, 0) is 0 Å². The topological polar surface area (TPSA) is 9.72 Å². The molecule has 0 N–H and O–H groups in total. The van der Waals surface area contributed by atoms with Crippen molar-refractivity contribution in [1.82, 2.24) is 0 Å². The number of hydrogen-bond acceptors (Lipinski definition) is 5. The molecule has 0 spiro atoms. The first-order chi connectivity index (χ1) is 34.2. The molecule has 0 unspecified atom stereocenters. The number of hydrogen-bond donors (Lipinski definition) is 0. The van der Waals surface area contributed by atoms with E-state index < -0.39 is 0 Å². The Balaban J connectivity index is 0.865. The maximum atomic E-state index is 2.39. The van der Waals surface area contributed by atoms with E-state index in [0.717, 1.165) is 62.3 Å². The van der Waals surface area contributed by atoms with Gasteiger partial charge in [0.15, 0.2) is 0 Å². The molecule has 326 valence electrons. The number of para-hydroxylation sites is 3. The summed E-state index contributed by atoms with van der Waals surface area (Å²) in [5.74, 6) is 0. The van der Waals surface area contributed by atoms with Crippen LogP contribution in [0.15, 0.2) is 261 Å². The molecule has 3 nitrogen and oxygen atoms in total. The minimum absolute atomic E-state index is 1.10. The van der Waals surface area contributed by atoms with Gasteiger partial charge in [0.1, 0.15) is 0 Å². The summed E-state index contributed by atoms with van der Waals surface area (Å²) in [5.41, 5.74) is 12.4. The van der Waals surface area contributed by atoms with Gasteiger partial charge in [-0.05, 0) is 143 Å². The third kappa shape index (κ3) is 7.55. The Morgan fingerprint density at radius 3 is 1.28 bits per heavy atom. The number of benzene rings is 11. The van der Waals surface area contributed by atoms with Crippen molar-refractivity contribution < 1.29 is 0 Å². The van der Waals surface area contributed by atoms with E-state index in [0.29, 0.717) is 0 Å². The molecule has 0 bridgehead atoms. The Bertz CT molecular complexity index is 3940. The van der Waals surface area contributed by atoms with Crippen molar-refractivity contribution in [3.63, 3.8) is 0 Å². The van der Waals surface area contributed by atoms with Gasteiger partial charge < -0.3 is 14.7 Å². The second-order valence-corrected chi connectivity index (χ2v) is 19.6. The van der Waals surface area contributed by atoms with Crippen molar-refractivity contribution in [2.45, 2.75) is 0 Å². The molecule has 0 aliphatic heterocycles. The monoisotopic (exact) mass is 917 g/mol. The minimum atomic E-state index is 1.10. The second-order valence-electron chi connectivity index (χ2n) is 17.4. The van der Waals surface area contributed by atoms with E-state index in [1.165, 1.54) is 51.1 Å². The predicted octanol–water partition coefficient (Wildman–Crippen LogP) is 19.7. The third-order valence-electron chi connectivity index (χ3n) is 13.2. The summed E-state index contributed by atoms with van der Waals surface area (Å²) in [6.07, 6.45) is 0. The average Bonchev–Trinajstić information content (AvgIpc) is 3.97. The van der Waals surface area contributed by atoms with Gasteiger partial charge in [-0.2, -0.15) is 0 Å². The fraction of sp³-hybridized carbons (Fsp3) is 0. The maximum Gasteiger partial charge on any atom is 0.0476 e. The predicted molar refractivity (Wildman–Crippen MR) is 299 cm³/mol. The maximum absolute atomic E-state index is 2.39. The van der Waals surface area contributed by atoms with Crippen molar-refractivity contribution in [3.05, 3.63) is 261 Å². The zero-order valence-electron chi connectivity index (χ0n) is 37.5. The van der Waals surface area contributed by atoms with E-state index in [1.807, 2.05) is 22.7 Å². The SMILES string of the molecule is c1ccc(N(c2ccccc2)c2ccc3c(c2)sc2ccc(N(c4ccccc4)c4cccc(-c5ccc(N(c6ccc7ccccc7c6)c6ccc7c(c6)sc6ccccc67)cc5)c4)cc23)cc1. The van der Waals surface area contributed by atoms with Gasteiger partial charge >= 0.3 is 0 Å². The molecule has 0 saturated carbocycles. The van der Waals surface area contributed by atoms with Crippen LogP contribution in [0.25, 0.3) is 62.2 Å². The largest absolute Gasteiger partial charge is 0.310 e. The molecule has 5 heteroatoms. The van der Waals surface area contributed by atoms with Crippen LogP contribution in [0.5, 0.6) is 0 Å². The molecule has 0 amide bonds. The van der Waals surface area contributed by atoms with Crippen LogP contribution in [0.4, 0.5) is 51.2 Å². The van der Waals surface area contributed by atoms with Gasteiger partial charge in [0.05, 0.1) is 0 Å². The standard InChI is InChI=1S/C64H43N3S2/c1-4-18-48(19-5-1)65(49-20-6-2-7-21-49)55-34-37-59-60-41-54(35-38-62(60)69-64(59)42-55)66(50-22-8-3-9-23-50)52-24-14-17-47(39-52)45-27-30-51(31-28-45)67(53-32-29-44-15-10-11-16-46(44)40-53)56-33-36-58-57-25-12-13-26-61(57)68-63(58)43-56/h1-43H. The Morgan fingerprint density at radius 2 is 0.623 bits per heavy atom. The van der Waals surface area contributed by atoms with Crippen molar-refractivity contribution in [2.24, 2.45) is 0 Å². The molecule has 13 rings (SSSR count). The molecule has 11 aromatic carbocycles. The quantitative estimate of drug-likeness (QED) is 0.135. The number of nitrogens with zero attached hydrogens (tertiary/aromatic N) is 3. The number of thiophene rings is 2. The molecule has 0 fully saturated rings. The fourth-order valence-corrected chi connectivity index (χ4v) is 12.2. The van der Waals surface area contributed by atoms with Crippen molar-refractivity contribution >= 4 is 125 Å². The van der Waals surface area contributed by atoms with E-state index in [1.54, 1.807) is 0 Å². The lowest BCUT2D eigenvalue weighted by molar-refractivity contribution is 1.29. The van der Waals surface area contributed by atoms with Gasteiger partial charge in [-0.3, -0.25) is 0 Å². The molecule has 0 saturated heterocycles. The van der Waals surface area contributed by atoms with Crippen molar-refractivity contribution in [3.8, 4) is 11.1 Å². The van der Waals surface area contributed by atoms with Gasteiger partial charge in [-0.15, -0.1) is 22.7 Å². The molecule has 0 aliphatic rings. The first-order valence-corrected chi connectivity index (χ1v) is 24.9. The highest BCUT2D eigenvalue weighted by Crippen LogP contribution is 2.45. The highest BCUT2D eigenvalue weighted by atomic mass is 32.1. The number of anilines is 9. The second kappa shape index (κ2) is 17.3. The van der Waals surface area contributed by atoms with Crippen LogP contribution >= 0.6 is 22.7 Å². The lowest BCUT2D eigenvalue weighted by Crippen LogP contribution is -2.10. The Morgan fingerprint density at radius 1 is 0.203 bits per heavy atom. The lowest BCUT2D eigenvalue weighted by atomic mass is 10.0. The fourth-order valence-electron chi connectivity index (χ4n) is 9.90. The van der Waals surface area contributed by atoms with Crippen molar-refractivity contribution in [1.29, 1.82) is 0 Å². The van der Waals surface area contributed by atoms with E-state index in [-0.39, 0.29) is 0 Å². The van der Waals surface area contributed by atoms with Gasteiger partial charge in [0, 0.05) is 91.5 Å². The molecule has 0 aliphatic carbocycles. The third-order valence-corrected chi connectivity index (χ3v) is 15.4. The van der Waals surface area contributed by atoms with Crippen molar-refractivity contribution in [2.75, 3.05) is 14.7 Å². The smallest absolute Gasteiger partial charge is 0.0476 e. The van der Waals surface area contributed by atoms with Crippen LogP contribution in [-0.4, -0.2) is 0 Å². The number of rotatable bonds is 10. The summed E-state index contributed by atoms with van der Waals surface area (Å²) in [5, 5.41) is 7.56. The summed E-state index contributed by atoms with van der Waals surface area (Å²) in [4.78, 5) is 7.11. The van der Waals surface area contributed by atoms with E-state index in [2.05, 4.69) is 276 Å². The highest BCUT2D eigenvalue weighted by molar-refractivity contribution is 7.26. The van der Waals surface area contributed by atoms with Crippen LogP contribution in [0.3, 0.4) is 0 Å². The summed E-state index contributed by atoms with van der Waals surface area (Å²) in [6, 6.07) is 94.8. The molecule has 69 heavy (non-hydrogen) atoms. The van der Waals surface area contributed by atoms with E-state index >= 15 is 0 Å². The molecule has 2 heterocycles. The Kier molecular flexibility index (Phi) is 10.2. The zero-order valence-corrected chi connectivity index (χ0v) is 39.1. The first-order valence-electron chi connectivity index (χ1n) is 23.3. The van der Waals surface area contributed by atoms with E-state index in [9.17, 15) is 0 Å². The summed E-state index contributed by atoms with van der Waals surface area (Å²) < 4.78 is 5.11. The van der Waals surface area contributed by atoms with E-state index in [4.69, 9.17) is 0 Å².